The van der Waals surface area contributed by atoms with Crippen molar-refractivity contribution in [3.63, 3.8) is 0 Å². The molecule has 4 heterocycles. The third kappa shape index (κ3) is 2.43. The van der Waals surface area contributed by atoms with Crippen molar-refractivity contribution in [3.05, 3.63) is 40.5 Å². The van der Waals surface area contributed by atoms with Crippen LogP contribution in [0.2, 0.25) is 0 Å². The number of nitrogens with one attached hydrogen (secondary N) is 8. The van der Waals surface area contributed by atoms with Crippen LogP contribution in [0.25, 0.3) is 0 Å². The zero-order chi connectivity index (χ0) is 24.1. The quantitative estimate of drug-likeness (QED) is 0.0874. The van der Waals surface area contributed by atoms with Gasteiger partial charge in [-0.15, -0.1) is 20.5 Å². The van der Waals surface area contributed by atoms with Crippen molar-refractivity contribution in [1.29, 1.82) is 0 Å². The molecular formula is C4H8BN20NaO8. The summed E-state index contributed by atoms with van der Waals surface area (Å²) in [5.41, 5.74) is -0.335. The Morgan fingerprint density at radius 3 is 0.824 bits per heavy atom. The van der Waals surface area contributed by atoms with E-state index in [4.69, 9.17) is 0 Å². The summed E-state index contributed by atoms with van der Waals surface area (Å²) in [6.45, 7) is 0. The van der Waals surface area contributed by atoms with Gasteiger partial charge in [-0.3, -0.25) is 40.5 Å². The van der Waals surface area contributed by atoms with Crippen LogP contribution in [0.4, 0.5) is 0 Å². The Morgan fingerprint density at radius 1 is 0.500 bits per heavy atom. The number of nitrogens with zero attached hydrogens (tertiary/aromatic N) is 12. The molecule has 0 amide bonds. The van der Waals surface area contributed by atoms with Gasteiger partial charge in [0.25, 0.3) is 0 Å². The standard InChI is InChI=1S/C4H8BN20O8.Na/c26-22(27)1(6-14-15-7-1)5(2(23(28)29)8-16-17-9-2,3(24(30)31)10-18-19-11-3)4(25(32)33)12-20-21-13-4;/h(H,6,15)(H,7,14)(H,8,17)(H,9,16)(H,10,19)(H,11,18)(H,12,21)(H,13,20);/q-1;+1. The van der Waals surface area contributed by atoms with Crippen LogP contribution in [-0.2, 0) is 0 Å². The zero-order valence-corrected chi connectivity index (χ0v) is 18.2. The maximum atomic E-state index is 12.5. The molecule has 0 spiro atoms. The van der Waals surface area contributed by atoms with E-state index in [2.05, 4.69) is 41.4 Å². The molecule has 0 aromatic heterocycles. The number of hydrogen-bond donors (Lipinski definition) is 8. The van der Waals surface area contributed by atoms with Gasteiger partial charge in [0.2, 0.25) is 0 Å². The molecule has 8 N–H and O–H groups in total. The van der Waals surface area contributed by atoms with Gasteiger partial charge in [-0.05, 0) is 0 Å². The molecule has 4 atom stereocenters. The summed E-state index contributed by atoms with van der Waals surface area (Å²) < 4.78 is 0. The first kappa shape index (κ1) is 24.7. The second kappa shape index (κ2) is 7.85. The molecule has 28 nitrogen and oxygen atoms in total. The van der Waals surface area contributed by atoms with Gasteiger partial charge in [0.15, 0.2) is 0 Å². The van der Waals surface area contributed by atoms with Gasteiger partial charge >= 0.3 is 58.4 Å². The van der Waals surface area contributed by atoms with Crippen molar-refractivity contribution < 1.29 is 49.3 Å². The van der Waals surface area contributed by atoms with Gasteiger partial charge in [0.05, 0.1) is 0 Å². The fourth-order valence-corrected chi connectivity index (χ4v) is 4.36. The molecule has 4 aliphatic rings. The molecule has 0 fully saturated rings. The summed E-state index contributed by atoms with van der Waals surface area (Å²) in [5, 5.41) is 75.4. The fraction of sp³-hybridized carbons (Fsp3) is 1.00. The predicted octanol–water partition coefficient (Wildman–Crippen LogP) is -7.78. The Bertz CT molecular complexity index is 898. The molecule has 0 radical (unpaired) electrons. The van der Waals surface area contributed by atoms with Gasteiger partial charge in [0.1, 0.15) is 0 Å². The summed E-state index contributed by atoms with van der Waals surface area (Å²) in [7, 11) is 0. The van der Waals surface area contributed by atoms with E-state index in [-0.39, 0.29) is 29.6 Å². The SMILES string of the molecule is O=[N+]([O-])C1([B-](C2([N+](=O)[O-])N=NNN2)(C2([N+](=O)[O-])N=NNN2)C2([N+](=O)[O-])N=NNN2)N=NNN1.[Na+]. The maximum absolute atomic E-state index is 12.5. The largest absolute Gasteiger partial charge is 1.00 e. The molecule has 0 aromatic rings. The zero-order valence-electron chi connectivity index (χ0n) is 16.2. The van der Waals surface area contributed by atoms with Crippen LogP contribution in [0.1, 0.15) is 0 Å². The fourth-order valence-electron chi connectivity index (χ4n) is 4.36. The van der Waals surface area contributed by atoms with Crippen LogP contribution in [0.3, 0.4) is 0 Å². The van der Waals surface area contributed by atoms with Crippen molar-refractivity contribution in [1.82, 2.24) is 43.8 Å². The second-order valence-corrected chi connectivity index (χ2v) is 6.55. The molecule has 0 saturated carbocycles. The molecule has 0 bridgehead atoms. The minimum Gasteiger partial charge on any atom is -0.264 e. The van der Waals surface area contributed by atoms with Gasteiger partial charge < -0.3 is 0 Å². The Labute approximate surface area is 203 Å². The first-order chi connectivity index (χ1) is 15.6. The molecule has 176 valence electrons. The second-order valence-electron chi connectivity index (χ2n) is 6.55. The maximum Gasteiger partial charge on any atom is 1.00 e. The molecule has 30 heteroatoms. The average Bonchev–Trinajstić information content (AvgIpc) is 3.56. The van der Waals surface area contributed by atoms with Crippen LogP contribution in [0.5, 0.6) is 0 Å². The van der Waals surface area contributed by atoms with Crippen LogP contribution in [0, 0.1) is 40.5 Å². The van der Waals surface area contributed by atoms with Gasteiger partial charge in [-0.2, -0.15) is 21.7 Å². The Balaban J connectivity index is 0.00000324. The van der Waals surface area contributed by atoms with Crippen LogP contribution in [0.15, 0.2) is 41.4 Å². The smallest absolute Gasteiger partial charge is 0.264 e. The minimum atomic E-state index is -5.12. The summed E-state index contributed by atoms with van der Waals surface area (Å²) in [6.07, 6.45) is -5.12. The van der Waals surface area contributed by atoms with Crippen molar-refractivity contribution in [2.24, 2.45) is 41.4 Å². The van der Waals surface area contributed by atoms with Crippen LogP contribution < -0.4 is 73.4 Å². The molecule has 4 rings (SSSR count). The van der Waals surface area contributed by atoms with E-state index < -0.39 is 48.6 Å². The third-order valence-electron chi connectivity index (χ3n) is 5.50. The van der Waals surface area contributed by atoms with Gasteiger partial charge in [0, 0.05) is 19.7 Å². The van der Waals surface area contributed by atoms with Crippen molar-refractivity contribution in [3.8, 4) is 0 Å². The number of nitro groups is 4. The Kier molecular flexibility index (Phi) is 5.71. The normalized spacial score (nSPS) is 36.5. The molecule has 0 aromatic carbocycles. The topological polar surface area (TPSA) is 368 Å². The first-order valence-corrected chi connectivity index (χ1v) is 8.10. The molecular weight excluding hydrogens is 490 g/mol. The minimum absolute atomic E-state index is 0. The molecule has 0 saturated heterocycles. The summed E-state index contributed by atoms with van der Waals surface area (Å²) in [5.74, 6) is 0. The monoisotopic (exact) mass is 498 g/mol. The van der Waals surface area contributed by atoms with Crippen molar-refractivity contribution in [2.75, 3.05) is 0 Å². The Hall–Kier alpha value is -3.90. The molecule has 4 unspecified atom stereocenters. The van der Waals surface area contributed by atoms with E-state index in [0.29, 0.717) is 0 Å². The summed E-state index contributed by atoms with van der Waals surface area (Å²) in [6, 6.07) is 0. The van der Waals surface area contributed by atoms with Crippen molar-refractivity contribution in [2.45, 2.75) is 22.7 Å². The number of hydrogen-bond acceptors (Lipinski definition) is 24. The van der Waals surface area contributed by atoms with E-state index in [0.717, 1.165) is 0 Å². The summed E-state index contributed by atoms with van der Waals surface area (Å²) in [4.78, 5) is 44.0. The van der Waals surface area contributed by atoms with E-state index in [1.54, 1.807) is 43.8 Å². The first-order valence-electron chi connectivity index (χ1n) is 8.10. The molecule has 34 heavy (non-hydrogen) atoms. The third-order valence-corrected chi connectivity index (χ3v) is 5.50. The van der Waals surface area contributed by atoms with E-state index in [9.17, 15) is 40.5 Å². The van der Waals surface area contributed by atoms with Crippen LogP contribution in [-0.4, -0.2) is 48.6 Å². The predicted molar refractivity (Wildman–Crippen MR) is 89.2 cm³/mol. The van der Waals surface area contributed by atoms with Crippen molar-refractivity contribution >= 4 is 6.15 Å². The van der Waals surface area contributed by atoms with E-state index >= 15 is 0 Å². The number of hydrazine groups is 4. The molecule has 0 aliphatic carbocycles. The Morgan fingerprint density at radius 2 is 0.706 bits per heavy atom. The molecule has 4 aliphatic heterocycles. The van der Waals surface area contributed by atoms with Gasteiger partial charge in [-0.25, -0.2) is 22.1 Å². The van der Waals surface area contributed by atoms with E-state index in [1.807, 2.05) is 0 Å². The number of rotatable bonds is 8. The van der Waals surface area contributed by atoms with Crippen LogP contribution >= 0.6 is 0 Å². The summed E-state index contributed by atoms with van der Waals surface area (Å²) >= 11 is 0. The van der Waals surface area contributed by atoms with Gasteiger partial charge in [-0.1, -0.05) is 20.9 Å². The van der Waals surface area contributed by atoms with E-state index in [1.165, 1.54) is 0 Å². The average molecular weight is 498 g/mol.